The number of fused-ring (bicyclic) bond motifs is 3. The second kappa shape index (κ2) is 7.67. The number of hydrogen-bond acceptors (Lipinski definition) is 1. The summed E-state index contributed by atoms with van der Waals surface area (Å²) < 4.78 is 0. The maximum absolute atomic E-state index is 2.51. The van der Waals surface area contributed by atoms with E-state index in [-0.39, 0.29) is 5.41 Å². The smallest absolute Gasteiger partial charge is 0.0492 e. The fourth-order valence-corrected chi connectivity index (χ4v) is 5.45. The Balaban J connectivity index is 1.73. The van der Waals surface area contributed by atoms with Crippen molar-refractivity contribution in [1.29, 1.82) is 0 Å². The maximum atomic E-state index is 2.51. The van der Waals surface area contributed by atoms with Crippen LogP contribution in [0.5, 0.6) is 0 Å². The van der Waals surface area contributed by atoms with Crippen molar-refractivity contribution in [3.05, 3.63) is 108 Å². The van der Waals surface area contributed by atoms with Crippen molar-refractivity contribution in [2.24, 2.45) is 0 Å². The molecule has 0 bridgehead atoms. The zero-order valence-corrected chi connectivity index (χ0v) is 19.7. The summed E-state index contributed by atoms with van der Waals surface area (Å²) in [7, 11) is 0. The highest BCUT2D eigenvalue weighted by Gasteiger charge is 2.37. The monoisotopic (exact) mass is 417 g/mol. The Bertz CT molecular complexity index is 1280. The lowest BCUT2D eigenvalue weighted by Gasteiger charge is -2.33. The van der Waals surface area contributed by atoms with Crippen molar-refractivity contribution >= 4 is 11.4 Å². The Morgan fingerprint density at radius 2 is 1.25 bits per heavy atom. The van der Waals surface area contributed by atoms with Gasteiger partial charge in [-0.1, -0.05) is 92.7 Å². The summed E-state index contributed by atoms with van der Waals surface area (Å²) in [5.41, 5.74) is 12.1. The molecule has 0 heterocycles. The second-order valence-electron chi connectivity index (χ2n) is 9.65. The Labute approximate surface area is 192 Å². The van der Waals surface area contributed by atoms with E-state index in [2.05, 4.69) is 131 Å². The lowest BCUT2D eigenvalue weighted by atomic mass is 9.82. The number of hydrogen-bond donors (Lipinski definition) is 0. The van der Waals surface area contributed by atoms with Crippen LogP contribution in [-0.4, -0.2) is 6.04 Å². The molecule has 0 aliphatic heterocycles. The summed E-state index contributed by atoms with van der Waals surface area (Å²) in [6.45, 7) is 11.6. The average Bonchev–Trinajstić information content (AvgIpc) is 3.04. The Hall–Kier alpha value is -3.32. The molecule has 0 saturated heterocycles. The van der Waals surface area contributed by atoms with Crippen molar-refractivity contribution in [1.82, 2.24) is 0 Å². The molecular formula is C31H31N. The van der Waals surface area contributed by atoms with Gasteiger partial charge in [-0.2, -0.15) is 0 Å². The molecule has 0 aromatic heterocycles. The quantitative estimate of drug-likeness (QED) is 0.322. The zero-order valence-electron chi connectivity index (χ0n) is 19.7. The lowest BCUT2D eigenvalue weighted by Crippen LogP contribution is -2.27. The topological polar surface area (TPSA) is 3.24 Å². The third-order valence-electron chi connectivity index (χ3n) is 7.00. The fourth-order valence-electron chi connectivity index (χ4n) is 5.45. The summed E-state index contributed by atoms with van der Waals surface area (Å²) in [6, 6.07) is 33.4. The molecule has 0 amide bonds. The van der Waals surface area contributed by atoms with Gasteiger partial charge in [-0.05, 0) is 66.3 Å². The lowest BCUT2D eigenvalue weighted by molar-refractivity contribution is 0.660. The van der Waals surface area contributed by atoms with Crippen molar-refractivity contribution in [2.45, 2.75) is 46.1 Å². The van der Waals surface area contributed by atoms with Crippen LogP contribution >= 0.6 is 0 Å². The average molecular weight is 418 g/mol. The molecule has 1 aliphatic rings. The third kappa shape index (κ3) is 3.07. The van der Waals surface area contributed by atoms with E-state index >= 15 is 0 Å². The van der Waals surface area contributed by atoms with Gasteiger partial charge in [0.05, 0.1) is 0 Å². The van der Waals surface area contributed by atoms with Gasteiger partial charge in [-0.25, -0.2) is 0 Å². The summed E-state index contributed by atoms with van der Waals surface area (Å²) in [5, 5.41) is 0. The molecule has 160 valence electrons. The van der Waals surface area contributed by atoms with Gasteiger partial charge >= 0.3 is 0 Å². The second-order valence-corrected chi connectivity index (χ2v) is 9.65. The standard InChI is InChI=1S/C31H31N/c1-21(2)32(29-18-12-10-15-24(29)23-13-7-6-8-14-23)28-20-19-27-30(22(28)3)25-16-9-11-17-26(25)31(27,4)5/h6-21H,1-5H3. The van der Waals surface area contributed by atoms with Crippen LogP contribution < -0.4 is 4.90 Å². The van der Waals surface area contributed by atoms with Crippen molar-refractivity contribution in [3.63, 3.8) is 0 Å². The minimum atomic E-state index is 0.0276. The first-order valence-corrected chi connectivity index (χ1v) is 11.6. The number of benzene rings is 4. The molecule has 0 spiro atoms. The van der Waals surface area contributed by atoms with Gasteiger partial charge in [0, 0.05) is 28.4 Å². The summed E-state index contributed by atoms with van der Waals surface area (Å²) in [4.78, 5) is 2.51. The Morgan fingerprint density at radius 1 is 0.625 bits per heavy atom. The third-order valence-corrected chi connectivity index (χ3v) is 7.00. The van der Waals surface area contributed by atoms with E-state index in [1.807, 2.05) is 0 Å². The van der Waals surface area contributed by atoms with Crippen LogP contribution in [0.4, 0.5) is 11.4 Å². The van der Waals surface area contributed by atoms with Crippen molar-refractivity contribution in [2.75, 3.05) is 4.90 Å². The SMILES string of the molecule is Cc1c(N(c2ccccc2-c2ccccc2)C(C)C)ccc2c1-c1ccccc1C2(C)C. The summed E-state index contributed by atoms with van der Waals surface area (Å²) in [6.07, 6.45) is 0. The van der Waals surface area contributed by atoms with E-state index in [0.717, 1.165) is 0 Å². The van der Waals surface area contributed by atoms with E-state index in [4.69, 9.17) is 0 Å². The van der Waals surface area contributed by atoms with Gasteiger partial charge in [-0.15, -0.1) is 0 Å². The minimum Gasteiger partial charge on any atom is -0.338 e. The molecule has 0 saturated carbocycles. The van der Waals surface area contributed by atoms with Crippen LogP contribution in [0.2, 0.25) is 0 Å². The zero-order chi connectivity index (χ0) is 22.5. The normalized spacial score (nSPS) is 13.7. The molecule has 1 aliphatic carbocycles. The van der Waals surface area contributed by atoms with E-state index in [1.165, 1.54) is 50.3 Å². The summed E-state index contributed by atoms with van der Waals surface area (Å²) >= 11 is 0. The van der Waals surface area contributed by atoms with E-state index in [0.29, 0.717) is 6.04 Å². The Morgan fingerprint density at radius 3 is 1.97 bits per heavy atom. The molecular weight excluding hydrogens is 386 g/mol. The molecule has 32 heavy (non-hydrogen) atoms. The van der Waals surface area contributed by atoms with Crippen LogP contribution in [0.1, 0.15) is 44.4 Å². The molecule has 4 aromatic rings. The molecule has 4 aromatic carbocycles. The number of rotatable bonds is 4. The first kappa shape index (κ1) is 20.6. The highest BCUT2D eigenvalue weighted by molar-refractivity contribution is 5.90. The molecule has 1 nitrogen and oxygen atoms in total. The van der Waals surface area contributed by atoms with Crippen LogP contribution in [0.3, 0.4) is 0 Å². The van der Waals surface area contributed by atoms with Crippen LogP contribution in [0.15, 0.2) is 91.0 Å². The fraction of sp³-hybridized carbons (Fsp3) is 0.226. The van der Waals surface area contributed by atoms with Crippen LogP contribution in [-0.2, 0) is 5.41 Å². The molecule has 1 heteroatoms. The van der Waals surface area contributed by atoms with Crippen LogP contribution in [0, 0.1) is 6.92 Å². The predicted octanol–water partition coefficient (Wildman–Crippen LogP) is 8.51. The highest BCUT2D eigenvalue weighted by atomic mass is 15.2. The minimum absolute atomic E-state index is 0.0276. The maximum Gasteiger partial charge on any atom is 0.0492 e. The molecule has 0 fully saturated rings. The van der Waals surface area contributed by atoms with Crippen molar-refractivity contribution < 1.29 is 0 Å². The highest BCUT2D eigenvalue weighted by Crippen LogP contribution is 2.52. The van der Waals surface area contributed by atoms with E-state index in [1.54, 1.807) is 0 Å². The largest absolute Gasteiger partial charge is 0.338 e. The van der Waals surface area contributed by atoms with Gasteiger partial charge in [0.25, 0.3) is 0 Å². The van der Waals surface area contributed by atoms with E-state index in [9.17, 15) is 0 Å². The summed E-state index contributed by atoms with van der Waals surface area (Å²) in [5.74, 6) is 0. The predicted molar refractivity (Wildman–Crippen MR) is 138 cm³/mol. The number of para-hydroxylation sites is 1. The molecule has 5 rings (SSSR count). The van der Waals surface area contributed by atoms with Gasteiger partial charge in [0.2, 0.25) is 0 Å². The first-order valence-electron chi connectivity index (χ1n) is 11.6. The molecule has 0 radical (unpaired) electrons. The van der Waals surface area contributed by atoms with Gasteiger partial charge in [0.1, 0.15) is 0 Å². The Kier molecular flexibility index (Phi) is 4.93. The molecule has 0 N–H and O–H groups in total. The molecule has 0 unspecified atom stereocenters. The number of anilines is 2. The van der Waals surface area contributed by atoms with Gasteiger partial charge in [-0.3, -0.25) is 0 Å². The first-order chi connectivity index (χ1) is 15.4. The number of nitrogens with zero attached hydrogens (tertiary/aromatic N) is 1. The van der Waals surface area contributed by atoms with Crippen LogP contribution in [0.25, 0.3) is 22.3 Å². The molecule has 0 atom stereocenters. The van der Waals surface area contributed by atoms with E-state index < -0.39 is 0 Å². The van der Waals surface area contributed by atoms with Crippen molar-refractivity contribution in [3.8, 4) is 22.3 Å². The van der Waals surface area contributed by atoms with Gasteiger partial charge < -0.3 is 4.90 Å². The van der Waals surface area contributed by atoms with Gasteiger partial charge in [0.15, 0.2) is 0 Å².